The zero-order valence-electron chi connectivity index (χ0n) is 30.7. The third-order valence-electron chi connectivity index (χ3n) is 10.6. The number of piperidine rings is 2. The molecular formula is C36H62N4O9. The topological polar surface area (TPSA) is 170 Å². The Morgan fingerprint density at radius 1 is 0.694 bits per heavy atom. The van der Waals surface area contributed by atoms with E-state index in [-0.39, 0.29) is 46.8 Å². The second kappa shape index (κ2) is 16.1. The fourth-order valence-corrected chi connectivity index (χ4v) is 7.30. The van der Waals surface area contributed by atoms with Crippen molar-refractivity contribution < 1.29 is 43.2 Å². The normalized spacial score (nSPS) is 26.3. The first-order chi connectivity index (χ1) is 22.9. The summed E-state index contributed by atoms with van der Waals surface area (Å²) in [4.78, 5) is 50.9. The fraction of sp³-hybridized carbons (Fsp3) is 0.889. The molecule has 280 valence electrons. The maximum absolute atomic E-state index is 12.5. The van der Waals surface area contributed by atoms with Crippen LogP contribution in [-0.2, 0) is 28.5 Å². The van der Waals surface area contributed by atoms with Gasteiger partial charge in [0, 0.05) is 70.6 Å². The van der Waals surface area contributed by atoms with Crippen molar-refractivity contribution in [2.24, 2.45) is 28.4 Å². The molecule has 2 spiro atoms. The molecule has 4 heterocycles. The third-order valence-corrected chi connectivity index (χ3v) is 10.6. The zero-order valence-corrected chi connectivity index (χ0v) is 30.7. The van der Waals surface area contributed by atoms with Crippen LogP contribution in [0.3, 0.4) is 0 Å². The largest absolute Gasteiger partial charge is 0.481 e. The molecule has 49 heavy (non-hydrogen) atoms. The number of nitrogens with one attached hydrogen (secondary N) is 1. The van der Waals surface area contributed by atoms with Gasteiger partial charge in [0.25, 0.3) is 0 Å². The number of hydrogen-bond donors (Lipinski definition) is 3. The molecule has 4 N–H and O–H groups in total. The number of hydrogen-bond acceptors (Lipinski definition) is 9. The zero-order chi connectivity index (χ0) is 36.0. The molecule has 0 radical (unpaired) electrons. The van der Waals surface area contributed by atoms with Crippen LogP contribution in [0.2, 0.25) is 0 Å². The Morgan fingerprint density at radius 2 is 1.08 bits per heavy atom. The summed E-state index contributed by atoms with van der Waals surface area (Å²) in [5.41, 5.74) is 4.70. The quantitative estimate of drug-likeness (QED) is 0.381. The summed E-state index contributed by atoms with van der Waals surface area (Å²) in [7, 11) is 0. The van der Waals surface area contributed by atoms with Gasteiger partial charge in [-0.15, -0.1) is 0 Å². The van der Waals surface area contributed by atoms with Crippen molar-refractivity contribution in [1.29, 1.82) is 0 Å². The average Bonchev–Trinajstić information content (AvgIpc) is 3.93. The van der Waals surface area contributed by atoms with Crippen LogP contribution in [0.5, 0.6) is 0 Å². The van der Waals surface area contributed by atoms with E-state index in [1.807, 2.05) is 41.5 Å². The maximum Gasteiger partial charge on any atom is 0.410 e. The lowest BCUT2D eigenvalue weighted by atomic mass is 9.90. The van der Waals surface area contributed by atoms with E-state index in [4.69, 9.17) is 29.8 Å². The van der Waals surface area contributed by atoms with Gasteiger partial charge in [-0.05, 0) is 117 Å². The SMILES string of the molecule is CC(C)(C)OC(=O)N1CCC2(CC1)CC2C(=O)NC1CCOCC1.CC(C)(C)OC(=O)N1CCC2(CC1)CC2C(=O)O.NC1CCOCC1. The first-order valence-electron chi connectivity index (χ1n) is 18.3. The number of rotatable bonds is 3. The van der Waals surface area contributed by atoms with Gasteiger partial charge in [-0.3, -0.25) is 9.59 Å². The maximum atomic E-state index is 12.5. The van der Waals surface area contributed by atoms with Gasteiger partial charge >= 0.3 is 18.2 Å². The van der Waals surface area contributed by atoms with Crippen LogP contribution in [-0.4, -0.2) is 115 Å². The lowest BCUT2D eigenvalue weighted by Crippen LogP contribution is -2.44. The summed E-state index contributed by atoms with van der Waals surface area (Å²) in [6, 6.07) is 0.680. The highest BCUT2D eigenvalue weighted by Gasteiger charge is 2.60. The standard InChI is InChI=1S/C18H30N2O4.C13H21NO4.C5H11NO/c1-17(2,3)24-16(22)20-8-6-18(7-9-20)12-14(18)15(21)19-13-4-10-23-11-5-13;1-12(2,3)18-11(17)14-6-4-13(5-7-14)8-9(13)10(15)16;6-5-1-3-7-4-2-5/h13-14H,4-12H2,1-3H3,(H,19,21);9H,4-8H2,1-3H3,(H,15,16);5H,1-4,6H2. The number of carboxylic acid groups (broad SMARTS) is 1. The van der Waals surface area contributed by atoms with E-state index in [2.05, 4.69) is 5.32 Å². The number of nitrogens with two attached hydrogens (primary N) is 1. The van der Waals surface area contributed by atoms with Gasteiger partial charge in [0.15, 0.2) is 0 Å². The average molecular weight is 695 g/mol. The van der Waals surface area contributed by atoms with Crippen LogP contribution >= 0.6 is 0 Å². The van der Waals surface area contributed by atoms with E-state index < -0.39 is 17.2 Å². The van der Waals surface area contributed by atoms with Crippen LogP contribution < -0.4 is 11.1 Å². The first-order valence-corrected chi connectivity index (χ1v) is 18.3. The highest BCUT2D eigenvalue weighted by Crippen LogP contribution is 2.60. The molecule has 3 amide bonds. The number of ether oxygens (including phenoxy) is 4. The highest BCUT2D eigenvalue weighted by molar-refractivity contribution is 5.83. The van der Waals surface area contributed by atoms with Crippen molar-refractivity contribution in [3.8, 4) is 0 Å². The Hall–Kier alpha value is -2.64. The van der Waals surface area contributed by atoms with Crippen LogP contribution in [0, 0.1) is 22.7 Å². The van der Waals surface area contributed by atoms with Crippen molar-refractivity contribution in [3.63, 3.8) is 0 Å². The number of carbonyl (C=O) groups excluding carboxylic acids is 3. The van der Waals surface area contributed by atoms with E-state index in [1.54, 1.807) is 9.80 Å². The third kappa shape index (κ3) is 11.7. The van der Waals surface area contributed by atoms with Crippen molar-refractivity contribution >= 4 is 24.1 Å². The molecule has 4 aliphatic heterocycles. The Bertz CT molecular complexity index is 1140. The van der Waals surface area contributed by atoms with E-state index >= 15 is 0 Å². The number of amides is 3. The van der Waals surface area contributed by atoms with Gasteiger partial charge in [0.05, 0.1) is 5.92 Å². The molecule has 2 saturated carbocycles. The molecule has 2 aliphatic carbocycles. The Balaban J connectivity index is 0.000000189. The minimum atomic E-state index is -0.694. The Kier molecular flexibility index (Phi) is 12.9. The predicted molar refractivity (Wildman–Crippen MR) is 183 cm³/mol. The van der Waals surface area contributed by atoms with Crippen molar-refractivity contribution in [2.75, 3.05) is 52.6 Å². The molecule has 4 saturated heterocycles. The summed E-state index contributed by atoms with van der Waals surface area (Å²) < 4.78 is 21.1. The van der Waals surface area contributed by atoms with Gasteiger partial charge in [0.2, 0.25) is 5.91 Å². The molecule has 0 bridgehead atoms. The number of likely N-dealkylation sites (tertiary alicyclic amines) is 2. The molecule has 0 aromatic rings. The minimum absolute atomic E-state index is 0.0374. The van der Waals surface area contributed by atoms with Crippen LogP contribution in [0.4, 0.5) is 9.59 Å². The van der Waals surface area contributed by atoms with E-state index in [0.717, 1.165) is 90.6 Å². The highest BCUT2D eigenvalue weighted by atomic mass is 16.6. The van der Waals surface area contributed by atoms with Crippen molar-refractivity contribution in [2.45, 2.75) is 129 Å². The molecule has 0 aromatic heterocycles. The summed E-state index contributed by atoms with van der Waals surface area (Å²) in [5, 5.41) is 12.2. The summed E-state index contributed by atoms with van der Waals surface area (Å²) >= 11 is 0. The van der Waals surface area contributed by atoms with Gasteiger partial charge in [0.1, 0.15) is 11.2 Å². The summed E-state index contributed by atoms with van der Waals surface area (Å²) in [5.74, 6) is -0.562. The van der Waals surface area contributed by atoms with E-state index in [0.29, 0.717) is 32.2 Å². The van der Waals surface area contributed by atoms with Gasteiger partial charge in [-0.25, -0.2) is 9.59 Å². The lowest BCUT2D eigenvalue weighted by molar-refractivity contribution is -0.139. The molecule has 6 rings (SSSR count). The second-order valence-electron chi connectivity index (χ2n) is 16.9. The van der Waals surface area contributed by atoms with Crippen LogP contribution in [0.1, 0.15) is 106 Å². The Labute approximate surface area is 292 Å². The van der Waals surface area contributed by atoms with Crippen LogP contribution in [0.15, 0.2) is 0 Å². The van der Waals surface area contributed by atoms with Crippen molar-refractivity contribution in [3.05, 3.63) is 0 Å². The molecule has 6 fully saturated rings. The second-order valence-corrected chi connectivity index (χ2v) is 16.9. The lowest BCUT2D eigenvalue weighted by Gasteiger charge is -2.34. The summed E-state index contributed by atoms with van der Waals surface area (Å²) in [6.07, 6.45) is 8.48. The van der Waals surface area contributed by atoms with E-state index in [1.165, 1.54) is 0 Å². The number of aliphatic carboxylic acids is 1. The predicted octanol–water partition coefficient (Wildman–Crippen LogP) is 4.55. The van der Waals surface area contributed by atoms with Crippen LogP contribution in [0.25, 0.3) is 0 Å². The first kappa shape index (κ1) is 39.2. The summed E-state index contributed by atoms with van der Waals surface area (Å²) in [6.45, 7) is 17.0. The molecule has 13 nitrogen and oxygen atoms in total. The Morgan fingerprint density at radius 3 is 1.43 bits per heavy atom. The molecular weight excluding hydrogens is 632 g/mol. The molecule has 13 heteroatoms. The molecule has 2 atom stereocenters. The molecule has 0 aromatic carbocycles. The van der Waals surface area contributed by atoms with Gasteiger partial charge in [-0.2, -0.15) is 0 Å². The monoisotopic (exact) mass is 694 g/mol. The number of carbonyl (C=O) groups is 4. The molecule has 2 unspecified atom stereocenters. The molecule has 6 aliphatic rings. The van der Waals surface area contributed by atoms with Crippen molar-refractivity contribution in [1.82, 2.24) is 15.1 Å². The smallest absolute Gasteiger partial charge is 0.410 e. The number of nitrogens with zero attached hydrogens (tertiary/aromatic N) is 2. The minimum Gasteiger partial charge on any atom is -0.481 e. The van der Waals surface area contributed by atoms with Gasteiger partial charge in [-0.1, -0.05) is 0 Å². The fourth-order valence-electron chi connectivity index (χ4n) is 7.30. The van der Waals surface area contributed by atoms with E-state index in [9.17, 15) is 19.2 Å². The number of carboxylic acids is 1. The van der Waals surface area contributed by atoms with Gasteiger partial charge < -0.3 is 44.9 Å².